The van der Waals surface area contributed by atoms with Gasteiger partial charge in [-0.2, -0.15) is 4.98 Å². The van der Waals surface area contributed by atoms with E-state index in [-0.39, 0.29) is 0 Å². The first-order valence-electron chi connectivity index (χ1n) is 6.95. The highest BCUT2D eigenvalue weighted by molar-refractivity contribution is 5.70. The van der Waals surface area contributed by atoms with Crippen molar-refractivity contribution >= 4 is 5.69 Å². The predicted octanol–water partition coefficient (Wildman–Crippen LogP) is 3.41. The van der Waals surface area contributed by atoms with Gasteiger partial charge in [0.2, 0.25) is 11.7 Å². The highest BCUT2D eigenvalue weighted by Gasteiger charge is 2.10. The predicted molar refractivity (Wildman–Crippen MR) is 82.7 cm³/mol. The number of benzene rings is 2. The number of nitrogens with zero attached hydrogens (tertiary/aromatic N) is 2. The number of rotatable bonds is 4. The Morgan fingerprint density at radius 3 is 2.71 bits per heavy atom. The van der Waals surface area contributed by atoms with Crippen molar-refractivity contribution in [3.8, 4) is 11.4 Å². The highest BCUT2D eigenvalue weighted by Crippen LogP contribution is 2.22. The third-order valence-electron chi connectivity index (χ3n) is 3.38. The molecule has 0 aliphatic heterocycles. The lowest BCUT2D eigenvalue weighted by Gasteiger charge is -2.00. The molecule has 21 heavy (non-hydrogen) atoms. The summed E-state index contributed by atoms with van der Waals surface area (Å²) < 4.78 is 5.31. The molecule has 4 nitrogen and oxygen atoms in total. The minimum Gasteiger partial charge on any atom is -0.398 e. The van der Waals surface area contributed by atoms with E-state index >= 15 is 0 Å². The van der Waals surface area contributed by atoms with Gasteiger partial charge in [0.1, 0.15) is 0 Å². The molecule has 0 saturated carbocycles. The SMILES string of the molecule is Cc1cccc(CCc2nc(-c3ccccc3N)no2)c1. The lowest BCUT2D eigenvalue weighted by Crippen LogP contribution is -1.93. The molecule has 0 atom stereocenters. The van der Waals surface area contributed by atoms with Crippen LogP contribution in [-0.2, 0) is 12.8 Å². The van der Waals surface area contributed by atoms with Crippen molar-refractivity contribution in [3.05, 3.63) is 65.5 Å². The number of nitrogen functional groups attached to an aromatic ring is 1. The van der Waals surface area contributed by atoms with Crippen molar-refractivity contribution in [1.82, 2.24) is 10.1 Å². The van der Waals surface area contributed by atoms with E-state index in [1.54, 1.807) is 0 Å². The summed E-state index contributed by atoms with van der Waals surface area (Å²) in [6, 6.07) is 16.0. The molecule has 1 heterocycles. The Kier molecular flexibility index (Phi) is 3.69. The fraction of sp³-hybridized carbons (Fsp3) is 0.176. The molecule has 0 radical (unpaired) electrons. The topological polar surface area (TPSA) is 64.9 Å². The van der Waals surface area contributed by atoms with Gasteiger partial charge in [0.05, 0.1) is 0 Å². The van der Waals surface area contributed by atoms with E-state index in [2.05, 4.69) is 41.3 Å². The zero-order valence-corrected chi connectivity index (χ0v) is 11.9. The number of anilines is 1. The van der Waals surface area contributed by atoms with Gasteiger partial charge in [-0.15, -0.1) is 0 Å². The van der Waals surface area contributed by atoms with Crippen LogP contribution in [0, 0.1) is 6.92 Å². The standard InChI is InChI=1S/C17H17N3O/c1-12-5-4-6-13(11-12)9-10-16-19-17(20-21-16)14-7-2-3-8-15(14)18/h2-8,11H,9-10,18H2,1H3. The molecule has 4 heteroatoms. The summed E-state index contributed by atoms with van der Waals surface area (Å²) in [5.41, 5.74) is 9.92. The molecule has 0 fully saturated rings. The molecule has 0 unspecified atom stereocenters. The molecule has 106 valence electrons. The van der Waals surface area contributed by atoms with Crippen molar-refractivity contribution in [3.63, 3.8) is 0 Å². The smallest absolute Gasteiger partial charge is 0.227 e. The molecule has 0 amide bonds. The van der Waals surface area contributed by atoms with Crippen LogP contribution in [0.15, 0.2) is 53.1 Å². The van der Waals surface area contributed by atoms with Gasteiger partial charge < -0.3 is 10.3 Å². The second-order valence-corrected chi connectivity index (χ2v) is 5.09. The van der Waals surface area contributed by atoms with E-state index in [0.29, 0.717) is 17.4 Å². The Bertz CT molecular complexity index is 749. The average molecular weight is 279 g/mol. The summed E-state index contributed by atoms with van der Waals surface area (Å²) in [5.74, 6) is 1.18. The molecule has 1 aromatic heterocycles. The number of aromatic nitrogens is 2. The summed E-state index contributed by atoms with van der Waals surface area (Å²) in [7, 11) is 0. The fourth-order valence-corrected chi connectivity index (χ4v) is 2.29. The monoisotopic (exact) mass is 279 g/mol. The third-order valence-corrected chi connectivity index (χ3v) is 3.38. The Balaban J connectivity index is 1.72. The first-order valence-corrected chi connectivity index (χ1v) is 6.95. The van der Waals surface area contributed by atoms with E-state index < -0.39 is 0 Å². The van der Waals surface area contributed by atoms with Gasteiger partial charge in [0.15, 0.2) is 0 Å². The van der Waals surface area contributed by atoms with Crippen LogP contribution in [0.25, 0.3) is 11.4 Å². The maximum absolute atomic E-state index is 5.92. The van der Waals surface area contributed by atoms with Gasteiger partial charge in [0.25, 0.3) is 0 Å². The van der Waals surface area contributed by atoms with Crippen LogP contribution in [0.3, 0.4) is 0 Å². The molecule has 0 saturated heterocycles. The Morgan fingerprint density at radius 1 is 1.05 bits per heavy atom. The van der Waals surface area contributed by atoms with E-state index in [0.717, 1.165) is 18.4 Å². The largest absolute Gasteiger partial charge is 0.398 e. The lowest BCUT2D eigenvalue weighted by atomic mass is 10.1. The Labute approximate surface area is 123 Å². The number of aryl methyl sites for hydroxylation is 3. The number of para-hydroxylation sites is 1. The molecule has 2 aromatic carbocycles. The summed E-state index contributed by atoms with van der Waals surface area (Å²) in [5, 5.41) is 4.01. The number of nitrogens with two attached hydrogens (primary N) is 1. The second-order valence-electron chi connectivity index (χ2n) is 5.09. The van der Waals surface area contributed by atoms with Crippen LogP contribution >= 0.6 is 0 Å². The first-order chi connectivity index (χ1) is 10.2. The van der Waals surface area contributed by atoms with Gasteiger partial charge in [0, 0.05) is 17.7 Å². The van der Waals surface area contributed by atoms with Crippen LogP contribution in [-0.4, -0.2) is 10.1 Å². The Hall–Kier alpha value is -2.62. The summed E-state index contributed by atoms with van der Waals surface area (Å²) in [6.07, 6.45) is 1.61. The van der Waals surface area contributed by atoms with Gasteiger partial charge in [-0.3, -0.25) is 0 Å². The van der Waals surface area contributed by atoms with Gasteiger partial charge in [-0.1, -0.05) is 47.1 Å². The van der Waals surface area contributed by atoms with Crippen molar-refractivity contribution in [2.24, 2.45) is 0 Å². The minimum atomic E-state index is 0.548. The van der Waals surface area contributed by atoms with Crippen molar-refractivity contribution in [1.29, 1.82) is 0 Å². The third kappa shape index (κ3) is 3.11. The van der Waals surface area contributed by atoms with E-state index in [9.17, 15) is 0 Å². The molecule has 3 rings (SSSR count). The summed E-state index contributed by atoms with van der Waals surface area (Å²) in [6.45, 7) is 2.09. The van der Waals surface area contributed by atoms with Crippen molar-refractivity contribution in [2.45, 2.75) is 19.8 Å². The average Bonchev–Trinajstić information content (AvgIpc) is 2.94. The minimum absolute atomic E-state index is 0.548. The van der Waals surface area contributed by atoms with E-state index in [1.807, 2.05) is 24.3 Å². The van der Waals surface area contributed by atoms with Crippen LogP contribution in [0.5, 0.6) is 0 Å². The number of hydrogen-bond acceptors (Lipinski definition) is 4. The number of hydrogen-bond donors (Lipinski definition) is 1. The quantitative estimate of drug-likeness (QED) is 0.743. The van der Waals surface area contributed by atoms with Gasteiger partial charge in [-0.25, -0.2) is 0 Å². The molecular weight excluding hydrogens is 262 g/mol. The second kappa shape index (κ2) is 5.79. The van der Waals surface area contributed by atoms with Crippen molar-refractivity contribution < 1.29 is 4.52 Å². The zero-order valence-electron chi connectivity index (χ0n) is 11.9. The van der Waals surface area contributed by atoms with Gasteiger partial charge in [-0.05, 0) is 31.0 Å². The normalized spacial score (nSPS) is 10.7. The Morgan fingerprint density at radius 2 is 1.90 bits per heavy atom. The van der Waals surface area contributed by atoms with Crippen LogP contribution in [0.4, 0.5) is 5.69 Å². The maximum atomic E-state index is 5.92. The highest BCUT2D eigenvalue weighted by atomic mass is 16.5. The molecule has 0 aliphatic carbocycles. The molecule has 0 bridgehead atoms. The first kappa shape index (κ1) is 13.4. The molecular formula is C17H17N3O. The molecule has 0 aliphatic rings. The molecule has 0 spiro atoms. The van der Waals surface area contributed by atoms with Gasteiger partial charge >= 0.3 is 0 Å². The fourth-order valence-electron chi connectivity index (χ4n) is 2.29. The summed E-state index contributed by atoms with van der Waals surface area (Å²) in [4.78, 5) is 4.42. The maximum Gasteiger partial charge on any atom is 0.227 e. The van der Waals surface area contributed by atoms with E-state index in [1.165, 1.54) is 11.1 Å². The lowest BCUT2D eigenvalue weighted by molar-refractivity contribution is 0.379. The summed E-state index contributed by atoms with van der Waals surface area (Å²) >= 11 is 0. The van der Waals surface area contributed by atoms with Crippen molar-refractivity contribution in [2.75, 3.05) is 5.73 Å². The van der Waals surface area contributed by atoms with Crippen LogP contribution in [0.1, 0.15) is 17.0 Å². The molecule has 2 N–H and O–H groups in total. The van der Waals surface area contributed by atoms with Crippen LogP contribution < -0.4 is 5.73 Å². The molecule has 3 aromatic rings. The van der Waals surface area contributed by atoms with Crippen LogP contribution in [0.2, 0.25) is 0 Å². The van der Waals surface area contributed by atoms with E-state index in [4.69, 9.17) is 10.3 Å². The zero-order chi connectivity index (χ0) is 14.7.